The third kappa shape index (κ3) is 3.05. The zero-order valence-corrected chi connectivity index (χ0v) is 11.8. The Balaban J connectivity index is 2.23. The molecule has 2 rings (SSSR count). The minimum absolute atomic E-state index is 0.405. The highest BCUT2D eigenvalue weighted by molar-refractivity contribution is 6.31. The van der Waals surface area contributed by atoms with Crippen LogP contribution in [-0.4, -0.2) is 19.4 Å². The quantitative estimate of drug-likeness (QED) is 0.748. The summed E-state index contributed by atoms with van der Waals surface area (Å²) in [7, 11) is 0. The summed E-state index contributed by atoms with van der Waals surface area (Å²) in [5.41, 5.74) is 2.12. The number of halogens is 1. The summed E-state index contributed by atoms with van der Waals surface area (Å²) in [4.78, 5) is 13.5. The van der Waals surface area contributed by atoms with Crippen LogP contribution in [0.25, 0.3) is 0 Å². The van der Waals surface area contributed by atoms with Crippen LogP contribution in [0.3, 0.4) is 0 Å². The average Bonchev–Trinajstić information content (AvgIpc) is 2.50. The van der Waals surface area contributed by atoms with Gasteiger partial charge in [0.1, 0.15) is 0 Å². The predicted molar refractivity (Wildman–Crippen MR) is 76.7 cm³/mol. The summed E-state index contributed by atoms with van der Waals surface area (Å²) in [6.07, 6.45) is 4.48. The molecule has 0 N–H and O–H groups in total. The van der Waals surface area contributed by atoms with E-state index < -0.39 is 0 Å². The first-order chi connectivity index (χ1) is 8.52. The van der Waals surface area contributed by atoms with Crippen LogP contribution in [0.1, 0.15) is 43.5 Å². The number of hydrogen-bond donors (Lipinski definition) is 0. The van der Waals surface area contributed by atoms with Crippen molar-refractivity contribution < 1.29 is 4.79 Å². The molecule has 0 amide bonds. The average molecular weight is 266 g/mol. The van der Waals surface area contributed by atoms with E-state index in [1.165, 1.54) is 12.8 Å². The van der Waals surface area contributed by atoms with E-state index in [2.05, 4.69) is 18.7 Å². The molecule has 1 aromatic rings. The van der Waals surface area contributed by atoms with Crippen LogP contribution in [0, 0.1) is 5.41 Å². The normalized spacial score (nSPS) is 19.4. The Labute approximate surface area is 114 Å². The van der Waals surface area contributed by atoms with Gasteiger partial charge in [-0.1, -0.05) is 25.4 Å². The second-order valence-corrected chi connectivity index (χ2v) is 6.26. The summed E-state index contributed by atoms with van der Waals surface area (Å²) in [5, 5.41) is 0.621. The molecule has 1 saturated heterocycles. The number of aldehydes is 1. The van der Waals surface area contributed by atoms with Gasteiger partial charge in [0, 0.05) is 29.4 Å². The fourth-order valence-corrected chi connectivity index (χ4v) is 2.75. The maximum absolute atomic E-state index is 11.2. The van der Waals surface area contributed by atoms with Gasteiger partial charge in [-0.25, -0.2) is 0 Å². The second kappa shape index (κ2) is 5.31. The molecular formula is C15H20ClNO. The van der Waals surface area contributed by atoms with Crippen molar-refractivity contribution in [1.82, 2.24) is 0 Å². The number of benzene rings is 1. The highest BCUT2D eigenvalue weighted by Crippen LogP contribution is 2.33. The lowest BCUT2D eigenvalue weighted by Gasteiger charge is -2.26. The molecular weight excluding hydrogens is 246 g/mol. The number of hydrogen-bond acceptors (Lipinski definition) is 2. The fraction of sp³-hybridized carbons (Fsp3) is 0.533. The second-order valence-electron chi connectivity index (χ2n) is 5.83. The topological polar surface area (TPSA) is 20.3 Å². The van der Waals surface area contributed by atoms with Gasteiger partial charge in [0.2, 0.25) is 0 Å². The number of anilines is 1. The molecule has 0 spiro atoms. The minimum atomic E-state index is 0.405. The molecule has 0 aromatic heterocycles. The van der Waals surface area contributed by atoms with E-state index in [1.807, 2.05) is 12.1 Å². The maximum Gasteiger partial charge on any atom is 0.152 e. The standard InChI is InChI=1S/C15H20ClNO/c1-15(2)6-3-8-17(9-7-15)14-5-4-13(16)10-12(14)11-18/h4-5,10-11H,3,6-9H2,1-2H3. The first-order valence-electron chi connectivity index (χ1n) is 6.51. The molecule has 0 aliphatic carbocycles. The largest absolute Gasteiger partial charge is 0.371 e. The molecule has 0 bridgehead atoms. The number of carbonyl (C=O) groups excluding carboxylic acids is 1. The molecule has 3 heteroatoms. The van der Waals surface area contributed by atoms with Gasteiger partial charge in [0.25, 0.3) is 0 Å². The SMILES string of the molecule is CC1(C)CCCN(c2ccc(Cl)cc2C=O)CC1. The molecule has 1 aliphatic rings. The van der Waals surface area contributed by atoms with Crippen LogP contribution >= 0.6 is 11.6 Å². The van der Waals surface area contributed by atoms with Crippen molar-refractivity contribution in [2.75, 3.05) is 18.0 Å². The zero-order chi connectivity index (χ0) is 13.2. The lowest BCUT2D eigenvalue weighted by molar-refractivity contribution is 0.112. The molecule has 0 atom stereocenters. The van der Waals surface area contributed by atoms with Gasteiger partial charge in [-0.3, -0.25) is 4.79 Å². The molecule has 1 heterocycles. The Bertz CT molecular complexity index is 442. The van der Waals surface area contributed by atoms with Crippen LogP contribution in [-0.2, 0) is 0 Å². The van der Waals surface area contributed by atoms with E-state index in [4.69, 9.17) is 11.6 Å². The Morgan fingerprint density at radius 1 is 1.28 bits per heavy atom. The number of carbonyl (C=O) groups is 1. The van der Waals surface area contributed by atoms with Crippen molar-refractivity contribution in [2.45, 2.75) is 33.1 Å². The lowest BCUT2D eigenvalue weighted by atomic mass is 9.85. The van der Waals surface area contributed by atoms with Gasteiger partial charge in [-0.15, -0.1) is 0 Å². The molecule has 1 aliphatic heterocycles. The summed E-state index contributed by atoms with van der Waals surface area (Å²) in [6, 6.07) is 5.57. The van der Waals surface area contributed by atoms with Gasteiger partial charge >= 0.3 is 0 Å². The molecule has 98 valence electrons. The summed E-state index contributed by atoms with van der Waals surface area (Å²) >= 11 is 5.93. The number of nitrogens with zero attached hydrogens (tertiary/aromatic N) is 1. The third-order valence-electron chi connectivity index (χ3n) is 3.80. The predicted octanol–water partition coefficient (Wildman–Crippen LogP) is 4.17. The molecule has 0 unspecified atom stereocenters. The van der Waals surface area contributed by atoms with Crippen LogP contribution in [0.2, 0.25) is 5.02 Å². The smallest absolute Gasteiger partial charge is 0.152 e. The summed E-state index contributed by atoms with van der Waals surface area (Å²) in [5.74, 6) is 0. The van der Waals surface area contributed by atoms with E-state index in [9.17, 15) is 4.79 Å². The van der Waals surface area contributed by atoms with Crippen LogP contribution in [0.15, 0.2) is 18.2 Å². The van der Waals surface area contributed by atoms with Crippen molar-refractivity contribution in [1.29, 1.82) is 0 Å². The molecule has 0 saturated carbocycles. The molecule has 18 heavy (non-hydrogen) atoms. The Morgan fingerprint density at radius 2 is 2.06 bits per heavy atom. The minimum Gasteiger partial charge on any atom is -0.371 e. The first kappa shape index (κ1) is 13.4. The van der Waals surface area contributed by atoms with Gasteiger partial charge in [0.05, 0.1) is 0 Å². The summed E-state index contributed by atoms with van der Waals surface area (Å²) in [6.45, 7) is 6.67. The van der Waals surface area contributed by atoms with Gasteiger partial charge in [0.15, 0.2) is 6.29 Å². The molecule has 0 radical (unpaired) electrons. The maximum atomic E-state index is 11.2. The highest BCUT2D eigenvalue weighted by Gasteiger charge is 2.24. The summed E-state index contributed by atoms with van der Waals surface area (Å²) < 4.78 is 0. The van der Waals surface area contributed by atoms with E-state index in [0.717, 1.165) is 31.5 Å². The highest BCUT2D eigenvalue weighted by atomic mass is 35.5. The number of rotatable bonds is 2. The first-order valence-corrected chi connectivity index (χ1v) is 6.89. The van der Waals surface area contributed by atoms with Crippen LogP contribution in [0.5, 0.6) is 0 Å². The van der Waals surface area contributed by atoms with Crippen molar-refractivity contribution in [3.8, 4) is 0 Å². The fourth-order valence-electron chi connectivity index (χ4n) is 2.57. The lowest BCUT2D eigenvalue weighted by Crippen LogP contribution is -2.26. The van der Waals surface area contributed by atoms with Gasteiger partial charge in [-0.2, -0.15) is 0 Å². The van der Waals surface area contributed by atoms with Crippen molar-refractivity contribution >= 4 is 23.6 Å². The molecule has 1 fully saturated rings. The van der Waals surface area contributed by atoms with E-state index in [-0.39, 0.29) is 0 Å². The molecule has 1 aromatic carbocycles. The Kier molecular flexibility index (Phi) is 3.96. The Hall–Kier alpha value is -1.02. The van der Waals surface area contributed by atoms with Crippen LogP contribution in [0.4, 0.5) is 5.69 Å². The van der Waals surface area contributed by atoms with Gasteiger partial charge in [-0.05, 0) is 42.9 Å². The monoisotopic (exact) mass is 265 g/mol. The molecule has 2 nitrogen and oxygen atoms in total. The van der Waals surface area contributed by atoms with Crippen molar-refractivity contribution in [2.24, 2.45) is 5.41 Å². The zero-order valence-electron chi connectivity index (χ0n) is 11.1. The van der Waals surface area contributed by atoms with Crippen molar-refractivity contribution in [3.05, 3.63) is 28.8 Å². The Morgan fingerprint density at radius 3 is 2.78 bits per heavy atom. The van der Waals surface area contributed by atoms with Crippen LogP contribution < -0.4 is 4.90 Å². The van der Waals surface area contributed by atoms with E-state index in [1.54, 1.807) is 6.07 Å². The van der Waals surface area contributed by atoms with Crippen molar-refractivity contribution in [3.63, 3.8) is 0 Å². The van der Waals surface area contributed by atoms with E-state index in [0.29, 0.717) is 16.0 Å². The third-order valence-corrected chi connectivity index (χ3v) is 4.03. The van der Waals surface area contributed by atoms with E-state index >= 15 is 0 Å². The van der Waals surface area contributed by atoms with Gasteiger partial charge < -0.3 is 4.90 Å².